The van der Waals surface area contributed by atoms with E-state index in [2.05, 4.69) is 54.2 Å². The molecule has 1 fully saturated rings. The largest absolute Gasteiger partial charge is 0.326 e. The first-order chi connectivity index (χ1) is 10.6. The maximum atomic E-state index is 12.3. The van der Waals surface area contributed by atoms with Crippen LogP contribution in [0.1, 0.15) is 31.4 Å². The quantitative estimate of drug-likeness (QED) is 0.876. The summed E-state index contributed by atoms with van der Waals surface area (Å²) in [6.07, 6.45) is 2.47. The third kappa shape index (κ3) is 4.55. The minimum atomic E-state index is 0.134. The number of hydrogen-bond donors (Lipinski definition) is 1. The molecule has 2 rings (SSSR count). The second-order valence-electron chi connectivity index (χ2n) is 6.10. The topological polar surface area (TPSA) is 35.6 Å². The molecule has 4 heteroatoms. The van der Waals surface area contributed by atoms with Gasteiger partial charge >= 0.3 is 0 Å². The summed E-state index contributed by atoms with van der Waals surface area (Å²) in [5.74, 6) is 0.134. The van der Waals surface area contributed by atoms with Gasteiger partial charge in [-0.2, -0.15) is 0 Å². The number of anilines is 1. The summed E-state index contributed by atoms with van der Waals surface area (Å²) in [5, 5.41) is 3.15. The van der Waals surface area contributed by atoms with Crippen molar-refractivity contribution in [2.24, 2.45) is 0 Å². The van der Waals surface area contributed by atoms with Crippen molar-refractivity contribution in [2.45, 2.75) is 33.1 Å². The van der Waals surface area contributed by atoms with Gasteiger partial charge in [0.15, 0.2) is 0 Å². The molecule has 1 N–H and O–H groups in total. The highest BCUT2D eigenvalue weighted by molar-refractivity contribution is 5.92. The number of benzene rings is 1. The third-order valence-electron chi connectivity index (χ3n) is 4.51. The van der Waals surface area contributed by atoms with E-state index in [1.54, 1.807) is 0 Å². The molecule has 1 aromatic rings. The second kappa shape index (κ2) is 8.30. The number of piperazine rings is 1. The Morgan fingerprint density at radius 1 is 1.09 bits per heavy atom. The average molecular weight is 303 g/mol. The van der Waals surface area contributed by atoms with E-state index in [0.717, 1.165) is 51.3 Å². The highest BCUT2D eigenvalue weighted by atomic mass is 16.1. The van der Waals surface area contributed by atoms with E-state index in [-0.39, 0.29) is 5.91 Å². The molecular weight excluding hydrogens is 274 g/mol. The molecule has 122 valence electrons. The standard InChI is InChI=1S/C18H29N3O/c1-4-15-7-6-8-16(5-2)18(15)19-17(22)9-10-21-13-11-20(3)12-14-21/h6-8H,4-5,9-14H2,1-3H3,(H,19,22). The zero-order valence-electron chi connectivity index (χ0n) is 14.2. The summed E-state index contributed by atoms with van der Waals surface area (Å²) in [6, 6.07) is 6.29. The van der Waals surface area contributed by atoms with E-state index in [0.29, 0.717) is 6.42 Å². The van der Waals surface area contributed by atoms with Crippen LogP contribution in [0.25, 0.3) is 0 Å². The van der Waals surface area contributed by atoms with Crippen molar-refractivity contribution in [1.82, 2.24) is 9.80 Å². The Kier molecular flexibility index (Phi) is 6.40. The van der Waals surface area contributed by atoms with Crippen molar-refractivity contribution >= 4 is 11.6 Å². The van der Waals surface area contributed by atoms with Gasteiger partial charge in [-0.05, 0) is 31.0 Å². The first-order valence-electron chi connectivity index (χ1n) is 8.45. The van der Waals surface area contributed by atoms with Crippen LogP contribution < -0.4 is 5.32 Å². The summed E-state index contributed by atoms with van der Waals surface area (Å²) in [7, 11) is 2.15. The van der Waals surface area contributed by atoms with Crippen LogP contribution in [0, 0.1) is 0 Å². The lowest BCUT2D eigenvalue weighted by Crippen LogP contribution is -2.45. The molecule has 0 spiro atoms. The van der Waals surface area contributed by atoms with Gasteiger partial charge in [-0.1, -0.05) is 32.0 Å². The monoisotopic (exact) mass is 303 g/mol. The Morgan fingerprint density at radius 2 is 1.68 bits per heavy atom. The van der Waals surface area contributed by atoms with Crippen LogP contribution in [0.15, 0.2) is 18.2 Å². The lowest BCUT2D eigenvalue weighted by Gasteiger charge is -2.32. The van der Waals surface area contributed by atoms with Gasteiger partial charge in [-0.3, -0.25) is 4.79 Å². The molecule has 0 radical (unpaired) electrons. The SMILES string of the molecule is CCc1cccc(CC)c1NC(=O)CCN1CCN(C)CC1. The smallest absolute Gasteiger partial charge is 0.225 e. The number of nitrogens with one attached hydrogen (secondary N) is 1. The van der Waals surface area contributed by atoms with Gasteiger partial charge < -0.3 is 15.1 Å². The molecule has 0 saturated carbocycles. The van der Waals surface area contributed by atoms with Gasteiger partial charge in [0.25, 0.3) is 0 Å². The van der Waals surface area contributed by atoms with Crippen molar-refractivity contribution in [3.63, 3.8) is 0 Å². The van der Waals surface area contributed by atoms with E-state index < -0.39 is 0 Å². The van der Waals surface area contributed by atoms with Crippen molar-refractivity contribution < 1.29 is 4.79 Å². The molecule has 1 aromatic carbocycles. The maximum absolute atomic E-state index is 12.3. The van der Waals surface area contributed by atoms with Crippen LogP contribution in [0.5, 0.6) is 0 Å². The Balaban J connectivity index is 1.89. The van der Waals surface area contributed by atoms with Gasteiger partial charge in [0.2, 0.25) is 5.91 Å². The minimum absolute atomic E-state index is 0.134. The molecule has 0 aliphatic carbocycles. The van der Waals surface area contributed by atoms with Crippen LogP contribution in [-0.4, -0.2) is 55.5 Å². The Bertz CT molecular complexity index is 471. The van der Waals surface area contributed by atoms with Crippen molar-refractivity contribution in [1.29, 1.82) is 0 Å². The zero-order valence-corrected chi connectivity index (χ0v) is 14.2. The molecule has 22 heavy (non-hydrogen) atoms. The summed E-state index contributed by atoms with van der Waals surface area (Å²) in [6.45, 7) is 9.45. The van der Waals surface area contributed by atoms with Crippen LogP contribution in [0.3, 0.4) is 0 Å². The molecule has 1 aliphatic heterocycles. The van der Waals surface area contributed by atoms with Crippen molar-refractivity contribution in [3.8, 4) is 0 Å². The highest BCUT2D eigenvalue weighted by Gasteiger charge is 2.15. The molecule has 1 heterocycles. The van der Waals surface area contributed by atoms with E-state index in [4.69, 9.17) is 0 Å². The minimum Gasteiger partial charge on any atom is -0.326 e. The number of para-hydroxylation sites is 1. The molecule has 1 saturated heterocycles. The normalized spacial score (nSPS) is 16.7. The number of amides is 1. The summed E-state index contributed by atoms with van der Waals surface area (Å²) in [5.41, 5.74) is 3.50. The summed E-state index contributed by atoms with van der Waals surface area (Å²) < 4.78 is 0. The lowest BCUT2D eigenvalue weighted by atomic mass is 10.0. The number of carbonyl (C=O) groups excluding carboxylic acids is 1. The number of hydrogen-bond acceptors (Lipinski definition) is 3. The fourth-order valence-corrected chi connectivity index (χ4v) is 2.94. The van der Waals surface area contributed by atoms with Crippen LogP contribution in [-0.2, 0) is 17.6 Å². The average Bonchev–Trinajstić information content (AvgIpc) is 2.54. The van der Waals surface area contributed by atoms with E-state index in [9.17, 15) is 4.79 Å². The van der Waals surface area contributed by atoms with E-state index in [1.807, 2.05) is 0 Å². The number of rotatable bonds is 6. The molecule has 0 atom stereocenters. The second-order valence-corrected chi connectivity index (χ2v) is 6.10. The Morgan fingerprint density at radius 3 is 2.23 bits per heavy atom. The number of nitrogens with zero attached hydrogens (tertiary/aromatic N) is 2. The molecular formula is C18H29N3O. The van der Waals surface area contributed by atoms with Gasteiger partial charge in [0, 0.05) is 44.8 Å². The Hall–Kier alpha value is -1.39. The third-order valence-corrected chi connectivity index (χ3v) is 4.51. The Labute approximate surface area is 134 Å². The summed E-state index contributed by atoms with van der Waals surface area (Å²) in [4.78, 5) is 17.0. The predicted octanol–water partition coefficient (Wildman–Crippen LogP) is 2.39. The first-order valence-corrected chi connectivity index (χ1v) is 8.45. The fraction of sp³-hybridized carbons (Fsp3) is 0.611. The lowest BCUT2D eigenvalue weighted by molar-refractivity contribution is -0.116. The van der Waals surface area contributed by atoms with E-state index in [1.165, 1.54) is 11.1 Å². The molecule has 4 nitrogen and oxygen atoms in total. The van der Waals surface area contributed by atoms with E-state index >= 15 is 0 Å². The molecule has 0 aromatic heterocycles. The van der Waals surface area contributed by atoms with Crippen molar-refractivity contribution in [2.75, 3.05) is 45.1 Å². The van der Waals surface area contributed by atoms with Gasteiger partial charge in [0.05, 0.1) is 0 Å². The molecule has 0 unspecified atom stereocenters. The van der Waals surface area contributed by atoms with Gasteiger partial charge in [-0.15, -0.1) is 0 Å². The number of likely N-dealkylation sites (N-methyl/N-ethyl adjacent to an activating group) is 1. The molecule has 1 amide bonds. The molecule has 1 aliphatic rings. The molecule has 0 bridgehead atoms. The van der Waals surface area contributed by atoms with Crippen LogP contribution in [0.4, 0.5) is 5.69 Å². The summed E-state index contributed by atoms with van der Waals surface area (Å²) >= 11 is 0. The number of aryl methyl sites for hydroxylation is 2. The predicted molar refractivity (Wildman–Crippen MR) is 92.4 cm³/mol. The van der Waals surface area contributed by atoms with Gasteiger partial charge in [-0.25, -0.2) is 0 Å². The zero-order chi connectivity index (χ0) is 15.9. The van der Waals surface area contributed by atoms with Crippen LogP contribution in [0.2, 0.25) is 0 Å². The maximum Gasteiger partial charge on any atom is 0.225 e. The fourth-order valence-electron chi connectivity index (χ4n) is 2.94. The number of carbonyl (C=O) groups is 1. The highest BCUT2D eigenvalue weighted by Crippen LogP contribution is 2.22. The van der Waals surface area contributed by atoms with Crippen LogP contribution >= 0.6 is 0 Å². The van der Waals surface area contributed by atoms with Crippen molar-refractivity contribution in [3.05, 3.63) is 29.3 Å². The first kappa shape index (κ1) is 17.0. The van der Waals surface area contributed by atoms with Gasteiger partial charge in [0.1, 0.15) is 0 Å².